The fourth-order valence-electron chi connectivity index (χ4n) is 2.24. The first-order valence-corrected chi connectivity index (χ1v) is 7.01. The molecule has 4 heteroatoms. The van der Waals surface area contributed by atoms with Gasteiger partial charge in [0.05, 0.1) is 6.20 Å². The van der Waals surface area contributed by atoms with Gasteiger partial charge in [0.1, 0.15) is 0 Å². The van der Waals surface area contributed by atoms with E-state index < -0.39 is 0 Å². The summed E-state index contributed by atoms with van der Waals surface area (Å²) in [6, 6.07) is 6.20. The molecule has 0 bridgehead atoms. The van der Waals surface area contributed by atoms with Crippen LogP contribution in [0, 0.1) is 6.92 Å². The van der Waals surface area contributed by atoms with Crippen molar-refractivity contribution in [2.24, 2.45) is 0 Å². The summed E-state index contributed by atoms with van der Waals surface area (Å²) in [6.07, 6.45) is 2.99. The Kier molecular flexibility index (Phi) is 4.61. The fraction of sp³-hybridized carbons (Fsp3) is 0.400. The van der Waals surface area contributed by atoms with Crippen molar-refractivity contribution in [3.63, 3.8) is 0 Å². The highest BCUT2D eigenvalue weighted by Gasteiger charge is 2.11. The van der Waals surface area contributed by atoms with Crippen LogP contribution in [0.25, 0.3) is 11.1 Å². The number of benzene rings is 1. The first-order chi connectivity index (χ1) is 9.17. The van der Waals surface area contributed by atoms with Gasteiger partial charge in [-0.2, -0.15) is 5.10 Å². The van der Waals surface area contributed by atoms with Crippen LogP contribution in [0.4, 0.5) is 0 Å². The van der Waals surface area contributed by atoms with Crippen LogP contribution in [-0.4, -0.2) is 16.8 Å². The molecule has 19 heavy (non-hydrogen) atoms. The van der Waals surface area contributed by atoms with E-state index in [-0.39, 0.29) is 0 Å². The average Bonchev–Trinajstić information content (AvgIpc) is 2.73. The minimum absolute atomic E-state index is 0.784. The molecule has 0 aliphatic carbocycles. The molecule has 102 valence electrons. The van der Waals surface area contributed by atoms with Crippen LogP contribution >= 0.6 is 11.6 Å². The maximum Gasteiger partial charge on any atom is 0.0571 e. The van der Waals surface area contributed by atoms with Gasteiger partial charge in [-0.3, -0.25) is 4.68 Å². The van der Waals surface area contributed by atoms with Crippen LogP contribution in [0.5, 0.6) is 0 Å². The number of hydrogen-bond donors (Lipinski definition) is 1. The van der Waals surface area contributed by atoms with E-state index in [4.69, 9.17) is 11.6 Å². The molecule has 0 spiro atoms. The molecule has 3 nitrogen and oxygen atoms in total. The highest BCUT2D eigenvalue weighted by atomic mass is 35.5. The molecule has 1 heterocycles. The van der Waals surface area contributed by atoms with Gasteiger partial charge in [-0.05, 0) is 32.0 Å². The predicted octanol–water partition coefficient (Wildman–Crippen LogP) is 3.64. The summed E-state index contributed by atoms with van der Waals surface area (Å²) >= 11 is 6.39. The number of halogens is 1. The minimum atomic E-state index is 0.784. The zero-order valence-electron chi connectivity index (χ0n) is 11.7. The number of nitrogens with one attached hydrogen (secondary N) is 1. The lowest BCUT2D eigenvalue weighted by Gasteiger charge is -2.08. The van der Waals surface area contributed by atoms with Gasteiger partial charge in [0.25, 0.3) is 0 Å². The van der Waals surface area contributed by atoms with Crippen LogP contribution in [0.1, 0.15) is 24.6 Å². The highest BCUT2D eigenvalue weighted by molar-refractivity contribution is 6.33. The Hall–Kier alpha value is -1.32. The van der Waals surface area contributed by atoms with Gasteiger partial charge in [0.15, 0.2) is 0 Å². The lowest BCUT2D eigenvalue weighted by Crippen LogP contribution is -2.04. The lowest BCUT2D eigenvalue weighted by atomic mass is 10.0. The van der Waals surface area contributed by atoms with Gasteiger partial charge in [-0.25, -0.2) is 0 Å². The third-order valence-corrected chi connectivity index (χ3v) is 3.56. The molecule has 0 amide bonds. The summed E-state index contributed by atoms with van der Waals surface area (Å²) < 4.78 is 2.03. The number of aromatic nitrogens is 2. The van der Waals surface area contributed by atoms with Crippen molar-refractivity contribution in [3.05, 3.63) is 40.7 Å². The third-order valence-electron chi connectivity index (χ3n) is 3.24. The van der Waals surface area contributed by atoms with Crippen LogP contribution in [0.2, 0.25) is 5.02 Å². The molecule has 2 rings (SSSR count). The Labute approximate surface area is 119 Å². The normalized spacial score (nSPS) is 10.9. The van der Waals surface area contributed by atoms with Crippen LogP contribution < -0.4 is 5.32 Å². The molecule has 1 aromatic heterocycles. The van der Waals surface area contributed by atoms with Crippen molar-refractivity contribution >= 4 is 11.6 Å². The summed E-state index contributed by atoms with van der Waals surface area (Å²) in [6.45, 7) is 6.02. The highest BCUT2D eigenvalue weighted by Crippen LogP contribution is 2.31. The molecule has 1 aromatic carbocycles. The van der Waals surface area contributed by atoms with E-state index in [0.717, 1.165) is 35.7 Å². The topological polar surface area (TPSA) is 29.9 Å². The van der Waals surface area contributed by atoms with Gasteiger partial charge in [0.2, 0.25) is 0 Å². The smallest absolute Gasteiger partial charge is 0.0571 e. The van der Waals surface area contributed by atoms with E-state index in [1.165, 1.54) is 11.3 Å². The minimum Gasteiger partial charge on any atom is -0.316 e. The zero-order chi connectivity index (χ0) is 13.8. The van der Waals surface area contributed by atoms with Gasteiger partial charge in [-0.15, -0.1) is 0 Å². The summed E-state index contributed by atoms with van der Waals surface area (Å²) in [4.78, 5) is 0. The summed E-state index contributed by atoms with van der Waals surface area (Å²) in [5.74, 6) is 0. The van der Waals surface area contributed by atoms with Gasteiger partial charge < -0.3 is 5.32 Å². The Balaban J connectivity index is 2.36. The Morgan fingerprint density at radius 1 is 1.32 bits per heavy atom. The van der Waals surface area contributed by atoms with Crippen molar-refractivity contribution in [2.45, 2.75) is 33.4 Å². The van der Waals surface area contributed by atoms with Crippen molar-refractivity contribution in [1.82, 2.24) is 15.1 Å². The number of aryl methyl sites for hydroxylation is 1. The van der Waals surface area contributed by atoms with E-state index >= 15 is 0 Å². The van der Waals surface area contributed by atoms with Gasteiger partial charge >= 0.3 is 0 Å². The Morgan fingerprint density at radius 3 is 2.74 bits per heavy atom. The van der Waals surface area contributed by atoms with Crippen LogP contribution in [0.15, 0.2) is 24.4 Å². The molecule has 0 fully saturated rings. The summed E-state index contributed by atoms with van der Waals surface area (Å²) in [5, 5.41) is 8.34. The maximum absolute atomic E-state index is 6.39. The molecular formula is C15H20ClN3. The molecular weight excluding hydrogens is 258 g/mol. The standard InChI is InChI=1S/C15H20ClN3/c1-4-7-19-11(2)14(10-18-19)13-6-5-12(9-17-3)8-15(13)16/h5-6,8,10,17H,4,7,9H2,1-3H3. The molecule has 0 atom stereocenters. The van der Waals surface area contributed by atoms with Crippen molar-refractivity contribution in [1.29, 1.82) is 0 Å². The summed E-state index contributed by atoms with van der Waals surface area (Å²) in [5.41, 5.74) is 4.54. The first kappa shape index (κ1) is 14.1. The Morgan fingerprint density at radius 2 is 2.11 bits per heavy atom. The molecule has 0 radical (unpaired) electrons. The van der Waals surface area contributed by atoms with E-state index in [0.29, 0.717) is 0 Å². The zero-order valence-corrected chi connectivity index (χ0v) is 12.5. The van der Waals surface area contributed by atoms with Crippen molar-refractivity contribution < 1.29 is 0 Å². The average molecular weight is 278 g/mol. The quantitative estimate of drug-likeness (QED) is 0.904. The number of hydrogen-bond acceptors (Lipinski definition) is 2. The van der Waals surface area contributed by atoms with Crippen molar-refractivity contribution in [2.75, 3.05) is 7.05 Å². The van der Waals surface area contributed by atoms with E-state index in [9.17, 15) is 0 Å². The monoisotopic (exact) mass is 277 g/mol. The van der Waals surface area contributed by atoms with Crippen molar-refractivity contribution in [3.8, 4) is 11.1 Å². The van der Waals surface area contributed by atoms with Crippen LogP contribution in [0.3, 0.4) is 0 Å². The molecule has 0 unspecified atom stereocenters. The maximum atomic E-state index is 6.39. The van der Waals surface area contributed by atoms with E-state index in [1.807, 2.05) is 24.0 Å². The lowest BCUT2D eigenvalue weighted by molar-refractivity contribution is 0.587. The first-order valence-electron chi connectivity index (χ1n) is 6.63. The molecule has 0 aliphatic rings. The summed E-state index contributed by atoms with van der Waals surface area (Å²) in [7, 11) is 1.93. The predicted molar refractivity (Wildman–Crippen MR) is 80.5 cm³/mol. The second-order valence-electron chi connectivity index (χ2n) is 4.71. The molecule has 2 aromatic rings. The van der Waals surface area contributed by atoms with Gasteiger partial charge in [-0.1, -0.05) is 30.7 Å². The van der Waals surface area contributed by atoms with Crippen LogP contribution in [-0.2, 0) is 13.1 Å². The van der Waals surface area contributed by atoms with E-state index in [2.05, 4.69) is 36.4 Å². The fourth-order valence-corrected chi connectivity index (χ4v) is 2.54. The SMILES string of the molecule is CCCn1ncc(-c2ccc(CNC)cc2Cl)c1C. The second-order valence-corrected chi connectivity index (χ2v) is 5.12. The number of rotatable bonds is 5. The van der Waals surface area contributed by atoms with E-state index in [1.54, 1.807) is 0 Å². The Bertz CT molecular complexity index is 561. The molecule has 0 saturated heterocycles. The molecule has 0 aliphatic heterocycles. The van der Waals surface area contributed by atoms with Gasteiger partial charge in [0, 0.05) is 34.9 Å². The molecule has 0 saturated carbocycles. The third kappa shape index (κ3) is 2.99. The largest absolute Gasteiger partial charge is 0.316 e. The number of nitrogens with zero attached hydrogens (tertiary/aromatic N) is 2. The molecule has 1 N–H and O–H groups in total. The second kappa shape index (κ2) is 6.22.